The molecule has 0 N–H and O–H groups in total. The molecule has 0 bridgehead atoms. The third-order valence-electron chi connectivity index (χ3n) is 3.10. The lowest BCUT2D eigenvalue weighted by Gasteiger charge is -2.25. The molecule has 0 aliphatic rings. The van der Waals surface area contributed by atoms with Gasteiger partial charge in [-0.2, -0.15) is 10.4 Å². The summed E-state index contributed by atoms with van der Waals surface area (Å²) in [7, 11) is 1.97. The molecule has 0 unspecified atom stereocenters. The molecule has 1 aromatic heterocycles. The van der Waals surface area contributed by atoms with Crippen LogP contribution in [0.25, 0.3) is 0 Å². The van der Waals surface area contributed by atoms with E-state index in [0.29, 0.717) is 12.5 Å². The van der Waals surface area contributed by atoms with Gasteiger partial charge in [0.2, 0.25) is 0 Å². The van der Waals surface area contributed by atoms with Gasteiger partial charge in [0.1, 0.15) is 0 Å². The number of hydrogen-bond acceptors (Lipinski definition) is 3. The first-order valence-corrected chi connectivity index (χ1v) is 7.11. The van der Waals surface area contributed by atoms with Crippen LogP contribution in [0.3, 0.4) is 0 Å². The van der Waals surface area contributed by atoms with Crippen LogP contribution in [0, 0.1) is 11.3 Å². The van der Waals surface area contributed by atoms with Gasteiger partial charge in [-0.3, -0.25) is 9.58 Å². The molecular weight excluding hydrogens is 292 g/mol. The fraction of sp³-hybridized carbons (Fsp3) is 0.692. The van der Waals surface area contributed by atoms with Crippen LogP contribution in [-0.2, 0) is 20.0 Å². The van der Waals surface area contributed by atoms with Crippen molar-refractivity contribution in [2.24, 2.45) is 7.05 Å². The van der Waals surface area contributed by atoms with Crippen LogP contribution >= 0.6 is 15.9 Å². The average molecular weight is 313 g/mol. The van der Waals surface area contributed by atoms with Crippen molar-refractivity contribution in [2.45, 2.75) is 46.2 Å². The Morgan fingerprint density at radius 3 is 2.61 bits per heavy atom. The molecule has 0 amide bonds. The zero-order valence-electron chi connectivity index (χ0n) is 11.6. The predicted molar refractivity (Wildman–Crippen MR) is 76.1 cm³/mol. The van der Waals surface area contributed by atoms with E-state index < -0.39 is 0 Å². The number of hydrogen-bond donors (Lipinski definition) is 0. The zero-order chi connectivity index (χ0) is 13.7. The van der Waals surface area contributed by atoms with E-state index in [4.69, 9.17) is 5.26 Å². The summed E-state index contributed by atoms with van der Waals surface area (Å²) in [5, 5.41) is 13.2. The maximum Gasteiger partial charge on any atom is 0.0767 e. The first-order chi connectivity index (χ1) is 8.51. The standard InChI is InChI=1S/C13H21BrN4/c1-5-11-13(14)12(17(4)16-11)9-18(10(2)3)8-6-7-15/h10H,5-6,8-9H2,1-4H3. The lowest BCUT2D eigenvalue weighted by molar-refractivity contribution is 0.212. The molecule has 0 saturated heterocycles. The summed E-state index contributed by atoms with van der Waals surface area (Å²) in [4.78, 5) is 2.30. The van der Waals surface area contributed by atoms with E-state index in [9.17, 15) is 0 Å². The summed E-state index contributed by atoms with van der Waals surface area (Å²) in [6, 6.07) is 2.63. The van der Waals surface area contributed by atoms with Crippen LogP contribution in [0.2, 0.25) is 0 Å². The molecule has 0 aliphatic heterocycles. The van der Waals surface area contributed by atoms with Gasteiger partial charge < -0.3 is 0 Å². The van der Waals surface area contributed by atoms with Crippen molar-refractivity contribution in [1.82, 2.24) is 14.7 Å². The van der Waals surface area contributed by atoms with Crippen LogP contribution in [-0.4, -0.2) is 27.3 Å². The highest BCUT2D eigenvalue weighted by atomic mass is 79.9. The quantitative estimate of drug-likeness (QED) is 0.811. The molecule has 18 heavy (non-hydrogen) atoms. The van der Waals surface area contributed by atoms with Gasteiger partial charge in [-0.25, -0.2) is 0 Å². The summed E-state index contributed by atoms with van der Waals surface area (Å²) in [5.74, 6) is 0. The van der Waals surface area contributed by atoms with E-state index in [1.807, 2.05) is 11.7 Å². The minimum Gasteiger partial charge on any atom is -0.294 e. The van der Waals surface area contributed by atoms with Crippen LogP contribution < -0.4 is 0 Å². The van der Waals surface area contributed by atoms with Crippen LogP contribution in [0.15, 0.2) is 4.47 Å². The molecule has 1 heterocycles. The number of aromatic nitrogens is 2. The van der Waals surface area contributed by atoms with Crippen LogP contribution in [0.5, 0.6) is 0 Å². The molecular formula is C13H21BrN4. The van der Waals surface area contributed by atoms with Gasteiger partial charge in [-0.05, 0) is 36.2 Å². The Kier molecular flexibility index (Phi) is 5.83. The topological polar surface area (TPSA) is 44.9 Å². The van der Waals surface area contributed by atoms with Crippen LogP contribution in [0.4, 0.5) is 0 Å². The van der Waals surface area contributed by atoms with Crippen molar-refractivity contribution in [3.63, 3.8) is 0 Å². The smallest absolute Gasteiger partial charge is 0.0767 e. The molecule has 0 aliphatic carbocycles. The Hall–Kier alpha value is -0.860. The van der Waals surface area contributed by atoms with E-state index in [2.05, 4.69) is 52.8 Å². The van der Waals surface area contributed by atoms with Crippen molar-refractivity contribution in [3.05, 3.63) is 15.9 Å². The molecule has 100 valence electrons. The first kappa shape index (κ1) is 15.2. The van der Waals surface area contributed by atoms with Gasteiger partial charge in [0.25, 0.3) is 0 Å². The molecule has 1 aromatic rings. The molecule has 0 aromatic carbocycles. The fourth-order valence-corrected chi connectivity index (χ4v) is 2.64. The van der Waals surface area contributed by atoms with Gasteiger partial charge in [0.15, 0.2) is 0 Å². The molecule has 0 atom stereocenters. The summed E-state index contributed by atoms with van der Waals surface area (Å²) >= 11 is 3.63. The molecule has 0 spiro atoms. The van der Waals surface area contributed by atoms with Gasteiger partial charge in [0, 0.05) is 32.6 Å². The molecule has 5 heteroatoms. The normalized spacial score (nSPS) is 11.2. The van der Waals surface area contributed by atoms with Crippen molar-refractivity contribution in [3.8, 4) is 6.07 Å². The molecule has 4 nitrogen and oxygen atoms in total. The van der Waals surface area contributed by atoms with Crippen molar-refractivity contribution in [1.29, 1.82) is 5.26 Å². The summed E-state index contributed by atoms with van der Waals surface area (Å²) in [5.41, 5.74) is 2.27. The first-order valence-electron chi connectivity index (χ1n) is 6.32. The van der Waals surface area contributed by atoms with Crippen molar-refractivity contribution in [2.75, 3.05) is 6.54 Å². The fourth-order valence-electron chi connectivity index (χ4n) is 1.90. The molecule has 0 fully saturated rings. The van der Waals surface area contributed by atoms with Gasteiger partial charge in [-0.1, -0.05) is 6.92 Å². The monoisotopic (exact) mass is 312 g/mol. The van der Waals surface area contributed by atoms with E-state index in [1.54, 1.807) is 0 Å². The van der Waals surface area contributed by atoms with Gasteiger partial charge >= 0.3 is 0 Å². The summed E-state index contributed by atoms with van der Waals surface area (Å²) < 4.78 is 3.04. The van der Waals surface area contributed by atoms with E-state index in [-0.39, 0.29) is 0 Å². The number of nitrogens with zero attached hydrogens (tertiary/aromatic N) is 4. The second-order valence-electron chi connectivity index (χ2n) is 4.66. The van der Waals surface area contributed by atoms with Gasteiger partial charge in [-0.15, -0.1) is 0 Å². The second kappa shape index (κ2) is 6.91. The largest absolute Gasteiger partial charge is 0.294 e. The molecule has 0 radical (unpaired) electrons. The number of aryl methyl sites for hydroxylation is 2. The van der Waals surface area contributed by atoms with E-state index in [0.717, 1.165) is 29.7 Å². The summed E-state index contributed by atoms with van der Waals surface area (Å²) in [6.07, 6.45) is 1.49. The Morgan fingerprint density at radius 1 is 1.50 bits per heavy atom. The zero-order valence-corrected chi connectivity index (χ0v) is 13.2. The Bertz CT molecular complexity index is 431. The highest BCUT2D eigenvalue weighted by Crippen LogP contribution is 2.23. The van der Waals surface area contributed by atoms with Crippen molar-refractivity contribution >= 4 is 15.9 Å². The molecule has 1 rings (SSSR count). The highest BCUT2D eigenvalue weighted by molar-refractivity contribution is 9.10. The lowest BCUT2D eigenvalue weighted by Crippen LogP contribution is -2.32. The number of rotatable bonds is 6. The third-order valence-corrected chi connectivity index (χ3v) is 4.01. The predicted octanol–water partition coefficient (Wildman–Crippen LogP) is 2.87. The van der Waals surface area contributed by atoms with Crippen LogP contribution in [0.1, 0.15) is 38.6 Å². The minimum absolute atomic E-state index is 0.422. The highest BCUT2D eigenvalue weighted by Gasteiger charge is 2.17. The maximum atomic E-state index is 8.71. The Morgan fingerprint density at radius 2 is 2.17 bits per heavy atom. The SMILES string of the molecule is CCc1nn(C)c(CN(CCC#N)C(C)C)c1Br. The maximum absolute atomic E-state index is 8.71. The molecule has 0 saturated carbocycles. The minimum atomic E-state index is 0.422. The summed E-state index contributed by atoms with van der Waals surface area (Å²) in [6.45, 7) is 8.04. The van der Waals surface area contributed by atoms with Crippen molar-refractivity contribution < 1.29 is 0 Å². The second-order valence-corrected chi connectivity index (χ2v) is 5.45. The average Bonchev–Trinajstić information content (AvgIpc) is 2.60. The van der Waals surface area contributed by atoms with Gasteiger partial charge in [0.05, 0.1) is 21.9 Å². The van der Waals surface area contributed by atoms with E-state index >= 15 is 0 Å². The number of nitriles is 1. The Balaban J connectivity index is 2.87. The lowest BCUT2D eigenvalue weighted by atomic mass is 10.2. The van der Waals surface area contributed by atoms with E-state index in [1.165, 1.54) is 5.69 Å². The Labute approximate surface area is 118 Å². The third kappa shape index (κ3) is 3.56. The number of halogens is 1.